The number of rotatable bonds is 10. The van der Waals surface area contributed by atoms with E-state index in [0.717, 1.165) is 0 Å². The van der Waals surface area contributed by atoms with E-state index in [9.17, 15) is 56.9 Å². The first-order valence-corrected chi connectivity index (χ1v) is 7.62. The van der Waals surface area contributed by atoms with E-state index in [4.69, 9.17) is 0 Å². The number of hydrogen-bond donors (Lipinski definition) is 0. The Balaban J connectivity index is 0. The first-order valence-electron chi connectivity index (χ1n) is 6.05. The van der Waals surface area contributed by atoms with Crippen LogP contribution in [0.4, 0.5) is 43.9 Å². The van der Waals surface area contributed by atoms with Crippen LogP contribution in [-0.4, -0.2) is 74.5 Å². The zero-order valence-electron chi connectivity index (χ0n) is 12.3. The largest absolute Gasteiger partial charge is 1.00 e. The van der Waals surface area contributed by atoms with Gasteiger partial charge in [-0.05, 0) is 0 Å². The summed E-state index contributed by atoms with van der Waals surface area (Å²) >= 11 is 0. The van der Waals surface area contributed by atoms with Gasteiger partial charge in [-0.25, -0.2) is 52.3 Å². The molecule has 0 N–H and O–H groups in total. The minimum absolute atomic E-state index is 0. The quantitative estimate of drug-likeness (QED) is 0.262. The van der Waals surface area contributed by atoms with Crippen molar-refractivity contribution < 1.29 is 108 Å². The molecule has 8 unspecified atom stereocenters. The van der Waals surface area contributed by atoms with Crippen molar-refractivity contribution in [1.29, 1.82) is 0 Å². The smallest absolute Gasteiger partial charge is 0.748 e. The molecule has 0 aliphatic heterocycles. The van der Waals surface area contributed by atoms with Crippen molar-refractivity contribution in [3.05, 3.63) is 0 Å². The molecule has 0 rings (SSSR count). The molecule has 0 radical (unpaired) electrons. The molecule has 0 aromatic carbocycles. The maximum absolute atomic E-state index is 13.2. The van der Waals surface area contributed by atoms with Gasteiger partial charge in [0.05, 0.1) is 15.9 Å². The first kappa shape index (κ1) is 28.1. The fraction of sp³-hybridized carbons (Fsp3) is 1.00. The van der Waals surface area contributed by atoms with Crippen molar-refractivity contribution in [3.63, 3.8) is 0 Å². The van der Waals surface area contributed by atoms with Gasteiger partial charge in [0.15, 0.2) is 43.2 Å². The van der Waals surface area contributed by atoms with Crippen LogP contribution in [0.25, 0.3) is 0 Å². The van der Waals surface area contributed by atoms with Crippen molar-refractivity contribution in [2.75, 3.05) is 5.75 Å². The molecular formula is C10H11F10KO3S. The first-order chi connectivity index (χ1) is 10.7. The summed E-state index contributed by atoms with van der Waals surface area (Å²) in [6, 6.07) is 0. The molecule has 0 saturated carbocycles. The van der Waals surface area contributed by atoms with Crippen LogP contribution >= 0.6 is 0 Å². The molecule has 0 aromatic rings. The fourth-order valence-electron chi connectivity index (χ4n) is 1.50. The van der Waals surface area contributed by atoms with E-state index in [-0.39, 0.29) is 51.4 Å². The Morgan fingerprint density at radius 3 is 1.16 bits per heavy atom. The molecule has 0 amide bonds. The molecule has 0 fully saturated rings. The third kappa shape index (κ3) is 9.05. The molecule has 0 aromatic heterocycles. The maximum Gasteiger partial charge on any atom is 1.00 e. The molecule has 0 aliphatic carbocycles. The SMILES string of the molecule is O=S(=O)([O-])CC(F)C(F)C(F)C(F)C(F)C(F)C(F)C(F)C(F)F.[K+]. The van der Waals surface area contributed by atoms with Crippen LogP contribution in [0.2, 0.25) is 0 Å². The molecule has 0 saturated heterocycles. The molecule has 0 heterocycles. The van der Waals surface area contributed by atoms with Gasteiger partial charge in [0, 0.05) is 0 Å². The third-order valence-electron chi connectivity index (χ3n) is 2.77. The molecule has 0 bridgehead atoms. The van der Waals surface area contributed by atoms with E-state index < -0.39 is 71.7 Å². The van der Waals surface area contributed by atoms with Crippen molar-refractivity contribution in [2.24, 2.45) is 0 Å². The fourth-order valence-corrected chi connectivity index (χ4v) is 2.08. The topological polar surface area (TPSA) is 57.2 Å². The summed E-state index contributed by atoms with van der Waals surface area (Å²) in [6.45, 7) is 0. The number of halogens is 10. The zero-order valence-corrected chi connectivity index (χ0v) is 16.3. The van der Waals surface area contributed by atoms with Crippen molar-refractivity contribution in [3.8, 4) is 0 Å². The Hall–Kier alpha value is 0.846. The average Bonchev–Trinajstić information content (AvgIpc) is 2.47. The molecule has 146 valence electrons. The Morgan fingerprint density at radius 2 is 0.880 bits per heavy atom. The average molecular weight is 440 g/mol. The summed E-state index contributed by atoms with van der Waals surface area (Å²) in [5.74, 6) is -2.15. The normalized spacial score (nSPS) is 22.2. The summed E-state index contributed by atoms with van der Waals surface area (Å²) in [4.78, 5) is 0. The number of hydrogen-bond acceptors (Lipinski definition) is 3. The minimum atomic E-state index is -5.41. The van der Waals surface area contributed by atoms with Crippen molar-refractivity contribution in [1.82, 2.24) is 0 Å². The van der Waals surface area contributed by atoms with Crippen LogP contribution in [0.1, 0.15) is 0 Å². The van der Waals surface area contributed by atoms with Gasteiger partial charge < -0.3 is 4.55 Å². The second-order valence-corrected chi connectivity index (χ2v) is 6.13. The second-order valence-electron chi connectivity index (χ2n) is 4.69. The van der Waals surface area contributed by atoms with Gasteiger partial charge in [0.2, 0.25) is 0 Å². The van der Waals surface area contributed by atoms with Crippen molar-refractivity contribution in [2.45, 2.75) is 55.8 Å². The predicted molar refractivity (Wildman–Crippen MR) is 59.7 cm³/mol. The summed E-state index contributed by atoms with van der Waals surface area (Å²) in [6.07, 6.45) is -35.0. The number of alkyl halides is 10. The van der Waals surface area contributed by atoms with Crippen molar-refractivity contribution >= 4 is 10.1 Å². The van der Waals surface area contributed by atoms with Crippen LogP contribution in [0.15, 0.2) is 0 Å². The van der Waals surface area contributed by atoms with Crippen LogP contribution < -0.4 is 51.4 Å². The van der Waals surface area contributed by atoms with Gasteiger partial charge >= 0.3 is 51.4 Å². The minimum Gasteiger partial charge on any atom is -0.748 e. The maximum atomic E-state index is 13.2. The third-order valence-corrected chi connectivity index (χ3v) is 3.50. The molecule has 3 nitrogen and oxygen atoms in total. The van der Waals surface area contributed by atoms with E-state index in [1.165, 1.54) is 0 Å². The van der Waals surface area contributed by atoms with Gasteiger partial charge in [0.25, 0.3) is 6.43 Å². The molecule has 15 heteroatoms. The Morgan fingerprint density at radius 1 is 0.600 bits per heavy atom. The van der Waals surface area contributed by atoms with Gasteiger partial charge in [0.1, 0.15) is 6.17 Å². The van der Waals surface area contributed by atoms with Gasteiger partial charge in [-0.1, -0.05) is 0 Å². The summed E-state index contributed by atoms with van der Waals surface area (Å²) in [5, 5.41) is 0. The monoisotopic (exact) mass is 440 g/mol. The van der Waals surface area contributed by atoms with Crippen LogP contribution in [0.5, 0.6) is 0 Å². The molecule has 0 aliphatic rings. The Labute approximate surface area is 178 Å². The molecule has 0 spiro atoms. The van der Waals surface area contributed by atoms with E-state index in [1.807, 2.05) is 0 Å². The van der Waals surface area contributed by atoms with Gasteiger partial charge in [-0.15, -0.1) is 0 Å². The second kappa shape index (κ2) is 11.6. The Kier molecular flexibility index (Phi) is 13.1. The van der Waals surface area contributed by atoms with E-state index in [0.29, 0.717) is 0 Å². The zero-order chi connectivity index (χ0) is 19.4. The summed E-state index contributed by atoms with van der Waals surface area (Å²) in [7, 11) is -5.41. The molecule has 8 atom stereocenters. The van der Waals surface area contributed by atoms with E-state index in [2.05, 4.69) is 0 Å². The van der Waals surface area contributed by atoms with Gasteiger partial charge in [-0.2, -0.15) is 0 Å². The summed E-state index contributed by atoms with van der Waals surface area (Å²) < 4.78 is 158. The van der Waals surface area contributed by atoms with E-state index in [1.54, 1.807) is 0 Å². The molecule has 25 heavy (non-hydrogen) atoms. The van der Waals surface area contributed by atoms with Crippen LogP contribution in [0, 0.1) is 0 Å². The summed E-state index contributed by atoms with van der Waals surface area (Å²) in [5.41, 5.74) is 0. The van der Waals surface area contributed by atoms with Gasteiger partial charge in [-0.3, -0.25) is 0 Å². The van der Waals surface area contributed by atoms with Crippen LogP contribution in [0.3, 0.4) is 0 Å². The van der Waals surface area contributed by atoms with E-state index >= 15 is 0 Å². The standard InChI is InChI=1S/C10H12F10O3S.K/c11-2(1-24(21,22)23)3(12)4(13)5(14)6(15)7(16)8(17)9(18)10(19)20;/h2-10H,1H2,(H,21,22,23);/q;+1/p-1. The molecular weight excluding hydrogens is 429 g/mol. The predicted octanol–water partition coefficient (Wildman–Crippen LogP) is -0.494. The van der Waals surface area contributed by atoms with Crippen LogP contribution in [-0.2, 0) is 10.1 Å². The Bertz CT molecular complexity index is 484.